The Labute approximate surface area is 115 Å². The number of rotatable bonds is 6. The fraction of sp³-hybridized carbons (Fsp3) is 0.533. The Hall–Kier alpha value is -1.57. The molecular weight excluding hydrogens is 240 g/mol. The van der Waals surface area contributed by atoms with E-state index in [2.05, 4.69) is 26.1 Å². The molecular formula is C15H22N2O2. The van der Waals surface area contributed by atoms with Crippen molar-refractivity contribution in [2.45, 2.75) is 26.9 Å². The summed E-state index contributed by atoms with van der Waals surface area (Å²) in [5, 5.41) is 21.6. The fourth-order valence-corrected chi connectivity index (χ4v) is 1.49. The third-order valence-corrected chi connectivity index (χ3v) is 2.46. The van der Waals surface area contributed by atoms with Gasteiger partial charge < -0.3 is 15.2 Å². The molecule has 0 saturated heterocycles. The molecule has 19 heavy (non-hydrogen) atoms. The van der Waals surface area contributed by atoms with Crippen LogP contribution in [-0.2, 0) is 0 Å². The maximum absolute atomic E-state index is 9.77. The highest BCUT2D eigenvalue weighted by Crippen LogP contribution is 2.12. The third-order valence-electron chi connectivity index (χ3n) is 2.46. The number of nitrogens with zero attached hydrogens (tertiary/aromatic N) is 1. The van der Waals surface area contributed by atoms with Crippen molar-refractivity contribution in [2.24, 2.45) is 5.41 Å². The summed E-state index contributed by atoms with van der Waals surface area (Å²) in [5.74, 6) is 0.661. The van der Waals surface area contributed by atoms with E-state index in [0.717, 1.165) is 6.54 Å². The minimum absolute atomic E-state index is 0.202. The average Bonchev–Trinajstić information content (AvgIpc) is 2.35. The average molecular weight is 262 g/mol. The molecule has 1 atom stereocenters. The SMILES string of the molecule is CC(C)(C)CNCC(O)COc1ccc(C#N)cc1. The van der Waals surface area contributed by atoms with E-state index in [9.17, 15) is 5.11 Å². The van der Waals surface area contributed by atoms with Crippen molar-refractivity contribution in [3.63, 3.8) is 0 Å². The molecule has 0 spiro atoms. The van der Waals surface area contributed by atoms with Crippen molar-refractivity contribution in [3.05, 3.63) is 29.8 Å². The normalized spacial score (nSPS) is 12.8. The summed E-state index contributed by atoms with van der Waals surface area (Å²) >= 11 is 0. The van der Waals surface area contributed by atoms with Crippen LogP contribution in [0.25, 0.3) is 0 Å². The van der Waals surface area contributed by atoms with Crippen molar-refractivity contribution in [1.82, 2.24) is 5.32 Å². The second-order valence-corrected chi connectivity index (χ2v) is 5.79. The van der Waals surface area contributed by atoms with E-state index in [0.29, 0.717) is 17.9 Å². The number of aliphatic hydroxyl groups excluding tert-OH is 1. The van der Waals surface area contributed by atoms with Gasteiger partial charge in [-0.3, -0.25) is 0 Å². The zero-order valence-corrected chi connectivity index (χ0v) is 11.8. The molecule has 0 aromatic heterocycles. The predicted octanol–water partition coefficient (Wildman–Crippen LogP) is 1.93. The molecule has 0 amide bonds. The smallest absolute Gasteiger partial charge is 0.119 e. The van der Waals surface area contributed by atoms with E-state index < -0.39 is 6.10 Å². The molecule has 0 saturated carbocycles. The molecule has 1 rings (SSSR count). The van der Waals surface area contributed by atoms with Crippen LogP contribution in [0.4, 0.5) is 0 Å². The van der Waals surface area contributed by atoms with Crippen molar-refractivity contribution >= 4 is 0 Å². The first-order valence-corrected chi connectivity index (χ1v) is 6.42. The minimum atomic E-state index is -0.544. The van der Waals surface area contributed by atoms with E-state index in [-0.39, 0.29) is 12.0 Å². The van der Waals surface area contributed by atoms with Gasteiger partial charge in [-0.2, -0.15) is 5.26 Å². The first kappa shape index (κ1) is 15.5. The van der Waals surface area contributed by atoms with Crippen LogP contribution in [0.5, 0.6) is 5.75 Å². The van der Waals surface area contributed by atoms with Crippen LogP contribution < -0.4 is 10.1 Å². The summed E-state index contributed by atoms with van der Waals surface area (Å²) < 4.78 is 5.45. The minimum Gasteiger partial charge on any atom is -0.491 e. The maximum atomic E-state index is 9.77. The highest BCUT2D eigenvalue weighted by Gasteiger charge is 2.11. The molecule has 0 bridgehead atoms. The van der Waals surface area contributed by atoms with Gasteiger partial charge in [-0.05, 0) is 29.7 Å². The third kappa shape index (κ3) is 6.80. The Morgan fingerprint density at radius 3 is 2.47 bits per heavy atom. The molecule has 1 aromatic rings. The molecule has 1 aromatic carbocycles. The molecule has 4 heteroatoms. The summed E-state index contributed by atoms with van der Waals surface area (Å²) in [7, 11) is 0. The number of ether oxygens (including phenoxy) is 1. The Bertz CT molecular complexity index is 415. The lowest BCUT2D eigenvalue weighted by Gasteiger charge is -2.20. The van der Waals surface area contributed by atoms with Gasteiger partial charge in [0.25, 0.3) is 0 Å². The highest BCUT2D eigenvalue weighted by molar-refractivity contribution is 5.34. The van der Waals surface area contributed by atoms with Gasteiger partial charge in [-0.25, -0.2) is 0 Å². The monoisotopic (exact) mass is 262 g/mol. The summed E-state index contributed by atoms with van der Waals surface area (Å²) in [6.45, 7) is 8.01. The van der Waals surface area contributed by atoms with Gasteiger partial charge in [0.05, 0.1) is 11.6 Å². The van der Waals surface area contributed by atoms with Gasteiger partial charge in [-0.1, -0.05) is 20.8 Å². The van der Waals surface area contributed by atoms with Gasteiger partial charge in [-0.15, -0.1) is 0 Å². The molecule has 0 heterocycles. The number of hydrogen-bond donors (Lipinski definition) is 2. The van der Waals surface area contributed by atoms with Crippen molar-refractivity contribution in [2.75, 3.05) is 19.7 Å². The molecule has 2 N–H and O–H groups in total. The van der Waals surface area contributed by atoms with Crippen LogP contribution in [0.1, 0.15) is 26.3 Å². The first-order chi connectivity index (χ1) is 8.90. The summed E-state index contributed by atoms with van der Waals surface area (Å²) in [6.07, 6.45) is -0.544. The number of nitriles is 1. The fourth-order valence-electron chi connectivity index (χ4n) is 1.49. The Balaban J connectivity index is 2.26. The molecule has 0 aliphatic carbocycles. The molecule has 0 aliphatic heterocycles. The van der Waals surface area contributed by atoms with Crippen LogP contribution >= 0.6 is 0 Å². The Morgan fingerprint density at radius 2 is 1.95 bits per heavy atom. The Morgan fingerprint density at radius 1 is 1.32 bits per heavy atom. The zero-order chi connectivity index (χ0) is 14.3. The summed E-state index contributed by atoms with van der Waals surface area (Å²) in [6, 6.07) is 8.89. The standard InChI is InChI=1S/C15H22N2O2/c1-15(2,3)11-17-9-13(18)10-19-14-6-4-12(8-16)5-7-14/h4-7,13,17-18H,9-11H2,1-3H3. The van der Waals surface area contributed by atoms with Gasteiger partial charge in [0, 0.05) is 13.1 Å². The second kappa shape index (κ2) is 7.13. The zero-order valence-electron chi connectivity index (χ0n) is 11.8. The van der Waals surface area contributed by atoms with E-state index >= 15 is 0 Å². The van der Waals surface area contributed by atoms with Crippen LogP contribution in [-0.4, -0.2) is 30.9 Å². The molecule has 0 radical (unpaired) electrons. The molecule has 4 nitrogen and oxygen atoms in total. The van der Waals surface area contributed by atoms with E-state index in [1.807, 2.05) is 6.07 Å². The summed E-state index contributed by atoms with van der Waals surface area (Å²) in [4.78, 5) is 0. The number of benzene rings is 1. The van der Waals surface area contributed by atoms with Gasteiger partial charge in [0.1, 0.15) is 18.5 Å². The van der Waals surface area contributed by atoms with Gasteiger partial charge in [0.15, 0.2) is 0 Å². The Kier molecular flexibility index (Phi) is 5.81. The molecule has 104 valence electrons. The second-order valence-electron chi connectivity index (χ2n) is 5.79. The van der Waals surface area contributed by atoms with Crippen LogP contribution in [0.2, 0.25) is 0 Å². The highest BCUT2D eigenvalue weighted by atomic mass is 16.5. The van der Waals surface area contributed by atoms with Crippen LogP contribution in [0.3, 0.4) is 0 Å². The van der Waals surface area contributed by atoms with E-state index in [1.165, 1.54) is 0 Å². The van der Waals surface area contributed by atoms with Gasteiger partial charge in [0.2, 0.25) is 0 Å². The largest absolute Gasteiger partial charge is 0.491 e. The van der Waals surface area contributed by atoms with E-state index in [1.54, 1.807) is 24.3 Å². The van der Waals surface area contributed by atoms with Crippen molar-refractivity contribution < 1.29 is 9.84 Å². The molecule has 0 fully saturated rings. The number of nitrogens with one attached hydrogen (secondary N) is 1. The number of aliphatic hydroxyl groups is 1. The van der Waals surface area contributed by atoms with E-state index in [4.69, 9.17) is 10.00 Å². The topological polar surface area (TPSA) is 65.3 Å². The van der Waals surface area contributed by atoms with Crippen LogP contribution in [0, 0.1) is 16.7 Å². The van der Waals surface area contributed by atoms with Crippen molar-refractivity contribution in [1.29, 1.82) is 5.26 Å². The molecule has 1 unspecified atom stereocenters. The van der Waals surface area contributed by atoms with Gasteiger partial charge >= 0.3 is 0 Å². The lowest BCUT2D eigenvalue weighted by Crippen LogP contribution is -2.36. The number of hydrogen-bond acceptors (Lipinski definition) is 4. The predicted molar refractivity (Wildman–Crippen MR) is 75.0 cm³/mol. The lowest BCUT2D eigenvalue weighted by molar-refractivity contribution is 0.104. The quantitative estimate of drug-likeness (QED) is 0.822. The van der Waals surface area contributed by atoms with Crippen LogP contribution in [0.15, 0.2) is 24.3 Å². The van der Waals surface area contributed by atoms with Crippen molar-refractivity contribution in [3.8, 4) is 11.8 Å². The summed E-state index contributed by atoms with van der Waals surface area (Å²) in [5.41, 5.74) is 0.799. The maximum Gasteiger partial charge on any atom is 0.119 e. The first-order valence-electron chi connectivity index (χ1n) is 6.42. The lowest BCUT2D eigenvalue weighted by atomic mass is 9.97. The molecule has 0 aliphatic rings.